The van der Waals surface area contributed by atoms with Gasteiger partial charge in [0.2, 0.25) is 0 Å². The van der Waals surface area contributed by atoms with E-state index in [1.54, 1.807) is 4.68 Å². The number of rotatable bonds is 4. The molecule has 0 spiro atoms. The van der Waals surface area contributed by atoms with Gasteiger partial charge in [-0.25, -0.2) is 9.48 Å². The topological polar surface area (TPSA) is 71.2 Å². The summed E-state index contributed by atoms with van der Waals surface area (Å²) >= 11 is 0. The molecular formula is C10H14N4O2. The van der Waals surface area contributed by atoms with Crippen molar-refractivity contribution in [2.24, 2.45) is 0 Å². The summed E-state index contributed by atoms with van der Waals surface area (Å²) in [4.78, 5) is 12.9. The molecule has 0 aliphatic carbocycles. The van der Waals surface area contributed by atoms with E-state index in [1.165, 1.54) is 6.20 Å². The van der Waals surface area contributed by atoms with Crippen LogP contribution in [0.5, 0.6) is 0 Å². The first-order valence-corrected chi connectivity index (χ1v) is 5.19. The predicted molar refractivity (Wildman–Crippen MR) is 57.3 cm³/mol. The number of carbonyl (C=O) groups is 1. The van der Waals surface area contributed by atoms with Crippen molar-refractivity contribution in [3.8, 4) is 0 Å². The normalized spacial score (nSPS) is 17.8. The number of nitrogens with zero attached hydrogens (tertiary/aromatic N) is 4. The molecular weight excluding hydrogens is 208 g/mol. The smallest absolute Gasteiger partial charge is 0.358 e. The average Bonchev–Trinajstić information content (AvgIpc) is 2.64. The zero-order valence-corrected chi connectivity index (χ0v) is 9.08. The van der Waals surface area contributed by atoms with Crippen molar-refractivity contribution in [1.29, 1.82) is 0 Å². The minimum absolute atomic E-state index is 0.00639. The minimum atomic E-state index is -1.03. The quantitative estimate of drug-likeness (QED) is 0.747. The van der Waals surface area contributed by atoms with Gasteiger partial charge in [0.1, 0.15) is 0 Å². The van der Waals surface area contributed by atoms with Gasteiger partial charge in [0.25, 0.3) is 0 Å². The van der Waals surface area contributed by atoms with Crippen LogP contribution in [0.1, 0.15) is 23.5 Å². The summed E-state index contributed by atoms with van der Waals surface area (Å²) in [6, 6.07) is 0.255. The first-order chi connectivity index (χ1) is 7.70. The summed E-state index contributed by atoms with van der Waals surface area (Å²) in [7, 11) is 0. The van der Waals surface area contributed by atoms with Gasteiger partial charge in [0, 0.05) is 19.6 Å². The summed E-state index contributed by atoms with van der Waals surface area (Å²) < 4.78 is 1.63. The van der Waals surface area contributed by atoms with Crippen LogP contribution in [0, 0.1) is 0 Å². The highest BCUT2D eigenvalue weighted by atomic mass is 16.4. The fraction of sp³-hybridized carbons (Fsp3) is 0.500. The monoisotopic (exact) mass is 222 g/mol. The van der Waals surface area contributed by atoms with E-state index in [0.717, 1.165) is 19.6 Å². The van der Waals surface area contributed by atoms with Crippen LogP contribution in [0.25, 0.3) is 0 Å². The third-order valence-electron chi connectivity index (χ3n) is 2.64. The SMILES string of the molecule is CC=CCN1CC(n2cc(C(=O)O)nn2)C1. The Kier molecular flexibility index (Phi) is 3.00. The Morgan fingerprint density at radius 1 is 1.69 bits per heavy atom. The van der Waals surface area contributed by atoms with Crippen LogP contribution in [0.15, 0.2) is 18.3 Å². The molecule has 0 amide bonds. The Morgan fingerprint density at radius 3 is 3.00 bits per heavy atom. The van der Waals surface area contributed by atoms with Crippen LogP contribution in [-0.2, 0) is 0 Å². The van der Waals surface area contributed by atoms with Crippen LogP contribution in [0.2, 0.25) is 0 Å². The van der Waals surface area contributed by atoms with Gasteiger partial charge >= 0.3 is 5.97 Å². The number of hydrogen-bond acceptors (Lipinski definition) is 4. The maximum Gasteiger partial charge on any atom is 0.358 e. The van der Waals surface area contributed by atoms with Gasteiger partial charge in [-0.3, -0.25) is 4.90 Å². The second kappa shape index (κ2) is 4.44. The standard InChI is InChI=1S/C10H14N4O2/c1-2-3-4-13-5-8(6-13)14-7-9(10(15)16)11-12-14/h2-3,7-8H,4-6H2,1H3,(H,15,16). The molecule has 16 heavy (non-hydrogen) atoms. The molecule has 86 valence electrons. The first kappa shape index (κ1) is 10.8. The Hall–Kier alpha value is -1.69. The number of hydrogen-bond donors (Lipinski definition) is 1. The van der Waals surface area contributed by atoms with Gasteiger partial charge < -0.3 is 5.11 Å². The van der Waals surface area contributed by atoms with E-state index in [9.17, 15) is 4.79 Å². The second-order valence-corrected chi connectivity index (χ2v) is 3.83. The first-order valence-electron chi connectivity index (χ1n) is 5.19. The molecule has 1 aromatic rings. The number of aromatic carboxylic acids is 1. The molecule has 6 heteroatoms. The van der Waals surface area contributed by atoms with Crippen molar-refractivity contribution >= 4 is 5.97 Å². The molecule has 6 nitrogen and oxygen atoms in total. The molecule has 0 saturated carbocycles. The molecule has 2 rings (SSSR count). The molecule has 1 aliphatic rings. The van der Waals surface area contributed by atoms with Crippen LogP contribution in [-0.4, -0.2) is 50.6 Å². The van der Waals surface area contributed by atoms with Crippen molar-refractivity contribution in [3.63, 3.8) is 0 Å². The van der Waals surface area contributed by atoms with Crippen molar-refractivity contribution in [2.45, 2.75) is 13.0 Å². The zero-order valence-electron chi connectivity index (χ0n) is 9.08. The Labute approximate surface area is 93.2 Å². The van der Waals surface area contributed by atoms with Gasteiger partial charge in [-0.15, -0.1) is 5.10 Å². The van der Waals surface area contributed by atoms with E-state index < -0.39 is 5.97 Å². The van der Waals surface area contributed by atoms with Gasteiger partial charge in [0.15, 0.2) is 5.69 Å². The van der Waals surface area contributed by atoms with E-state index in [1.807, 2.05) is 13.0 Å². The van der Waals surface area contributed by atoms with E-state index in [2.05, 4.69) is 21.3 Å². The lowest BCUT2D eigenvalue weighted by molar-refractivity contribution is 0.0690. The summed E-state index contributed by atoms with van der Waals surface area (Å²) in [6.45, 7) is 4.72. The largest absolute Gasteiger partial charge is 0.476 e. The Balaban J connectivity index is 1.89. The van der Waals surface area contributed by atoms with Crippen molar-refractivity contribution in [2.75, 3.05) is 19.6 Å². The highest BCUT2D eigenvalue weighted by Crippen LogP contribution is 2.19. The predicted octanol–water partition coefficient (Wildman–Crippen LogP) is 0.409. The van der Waals surface area contributed by atoms with Crippen LogP contribution in [0.3, 0.4) is 0 Å². The molecule has 0 aromatic carbocycles. The second-order valence-electron chi connectivity index (χ2n) is 3.83. The molecule has 1 N–H and O–H groups in total. The van der Waals surface area contributed by atoms with Crippen LogP contribution >= 0.6 is 0 Å². The number of carboxylic acid groups (broad SMARTS) is 1. The average molecular weight is 222 g/mol. The lowest BCUT2D eigenvalue weighted by atomic mass is 10.1. The van der Waals surface area contributed by atoms with E-state index >= 15 is 0 Å². The van der Waals surface area contributed by atoms with Gasteiger partial charge in [0.05, 0.1) is 12.2 Å². The highest BCUT2D eigenvalue weighted by Gasteiger charge is 2.28. The summed E-state index contributed by atoms with van der Waals surface area (Å²) in [5.41, 5.74) is 0.00639. The molecule has 0 unspecified atom stereocenters. The van der Waals surface area contributed by atoms with Gasteiger partial charge in [-0.05, 0) is 6.92 Å². The Morgan fingerprint density at radius 2 is 2.44 bits per heavy atom. The summed E-state index contributed by atoms with van der Waals surface area (Å²) in [5, 5.41) is 16.1. The zero-order chi connectivity index (χ0) is 11.5. The molecule has 1 aromatic heterocycles. The van der Waals surface area contributed by atoms with E-state index in [-0.39, 0.29) is 11.7 Å². The minimum Gasteiger partial charge on any atom is -0.476 e. The fourth-order valence-electron chi connectivity index (χ4n) is 1.67. The fourth-order valence-corrected chi connectivity index (χ4v) is 1.67. The summed E-state index contributed by atoms with van der Waals surface area (Å²) in [6.07, 6.45) is 5.60. The number of carboxylic acids is 1. The third kappa shape index (κ3) is 2.11. The maximum atomic E-state index is 10.6. The lowest BCUT2D eigenvalue weighted by Gasteiger charge is -2.38. The van der Waals surface area contributed by atoms with Crippen LogP contribution in [0.4, 0.5) is 0 Å². The molecule has 0 bridgehead atoms. The van der Waals surface area contributed by atoms with Crippen LogP contribution < -0.4 is 0 Å². The lowest BCUT2D eigenvalue weighted by Crippen LogP contribution is -2.47. The molecule has 0 atom stereocenters. The molecule has 2 heterocycles. The van der Waals surface area contributed by atoms with Crippen molar-refractivity contribution in [3.05, 3.63) is 24.0 Å². The number of aromatic nitrogens is 3. The highest BCUT2D eigenvalue weighted by molar-refractivity contribution is 5.84. The number of likely N-dealkylation sites (tertiary alicyclic amines) is 1. The van der Waals surface area contributed by atoms with E-state index in [0.29, 0.717) is 0 Å². The third-order valence-corrected chi connectivity index (χ3v) is 2.64. The number of allylic oxidation sites excluding steroid dienone is 1. The molecule has 1 fully saturated rings. The van der Waals surface area contributed by atoms with E-state index in [4.69, 9.17) is 5.11 Å². The molecule has 0 radical (unpaired) electrons. The molecule has 1 saturated heterocycles. The van der Waals surface area contributed by atoms with Gasteiger partial charge in [-0.2, -0.15) is 0 Å². The van der Waals surface area contributed by atoms with Crippen molar-refractivity contribution < 1.29 is 9.90 Å². The summed E-state index contributed by atoms with van der Waals surface area (Å²) in [5.74, 6) is -1.03. The molecule has 1 aliphatic heterocycles. The van der Waals surface area contributed by atoms with Gasteiger partial charge in [-0.1, -0.05) is 17.4 Å². The van der Waals surface area contributed by atoms with Crippen molar-refractivity contribution in [1.82, 2.24) is 19.9 Å². The Bertz CT molecular complexity index is 407. The maximum absolute atomic E-state index is 10.6.